The van der Waals surface area contributed by atoms with E-state index >= 15 is 0 Å². The number of nitrogens with zero attached hydrogens (tertiary/aromatic N) is 1. The molecular formula is C21H26ClN3O4S. The van der Waals surface area contributed by atoms with Crippen molar-refractivity contribution in [3.05, 3.63) is 59.7 Å². The summed E-state index contributed by atoms with van der Waals surface area (Å²) >= 11 is 1.29. The van der Waals surface area contributed by atoms with Crippen LogP contribution in [0.15, 0.2) is 48.5 Å². The minimum Gasteiger partial charge on any atom is -0.497 e. The van der Waals surface area contributed by atoms with Gasteiger partial charge in [0.05, 0.1) is 7.11 Å². The van der Waals surface area contributed by atoms with Crippen molar-refractivity contribution in [1.82, 2.24) is 15.5 Å². The van der Waals surface area contributed by atoms with Crippen molar-refractivity contribution in [2.75, 3.05) is 33.3 Å². The van der Waals surface area contributed by atoms with Crippen LogP contribution in [0.5, 0.6) is 11.5 Å². The molecule has 162 valence electrons. The van der Waals surface area contributed by atoms with Crippen LogP contribution in [0.3, 0.4) is 0 Å². The van der Waals surface area contributed by atoms with Crippen LogP contribution in [0.25, 0.3) is 0 Å². The first-order valence-electron chi connectivity index (χ1n) is 9.44. The summed E-state index contributed by atoms with van der Waals surface area (Å²) in [6.45, 7) is 3.57. The molecule has 1 aliphatic heterocycles. The summed E-state index contributed by atoms with van der Waals surface area (Å²) in [4.78, 5) is 26.0. The van der Waals surface area contributed by atoms with Gasteiger partial charge >= 0.3 is 6.09 Å². The number of benzene rings is 2. The Kier molecular flexibility index (Phi) is 9.79. The van der Waals surface area contributed by atoms with Crippen molar-refractivity contribution >= 4 is 35.5 Å². The molecule has 0 radical (unpaired) electrons. The van der Waals surface area contributed by atoms with Gasteiger partial charge in [0.25, 0.3) is 5.24 Å². The normalized spacial score (nSPS) is 13.2. The molecule has 1 heterocycles. The van der Waals surface area contributed by atoms with E-state index in [1.807, 2.05) is 41.3 Å². The molecule has 3 rings (SSSR count). The summed E-state index contributed by atoms with van der Waals surface area (Å²) in [7, 11) is 1.61. The average Bonchev–Trinajstić information content (AvgIpc) is 2.78. The maximum absolute atomic E-state index is 12.2. The fraction of sp³-hybridized carbons (Fsp3) is 0.333. The molecule has 0 bridgehead atoms. The van der Waals surface area contributed by atoms with Crippen LogP contribution >= 0.6 is 24.2 Å². The van der Waals surface area contributed by atoms with Crippen LogP contribution in [0, 0.1) is 0 Å². The van der Waals surface area contributed by atoms with E-state index in [1.165, 1.54) is 11.8 Å². The van der Waals surface area contributed by atoms with Gasteiger partial charge in [0.15, 0.2) is 0 Å². The van der Waals surface area contributed by atoms with Gasteiger partial charge in [-0.2, -0.15) is 0 Å². The first-order chi connectivity index (χ1) is 14.1. The van der Waals surface area contributed by atoms with Crippen LogP contribution in [-0.4, -0.2) is 49.5 Å². The second-order valence-corrected chi connectivity index (χ2v) is 7.45. The van der Waals surface area contributed by atoms with Crippen LogP contribution in [0.2, 0.25) is 0 Å². The van der Waals surface area contributed by atoms with Gasteiger partial charge in [-0.3, -0.25) is 4.79 Å². The topological polar surface area (TPSA) is 79.9 Å². The highest BCUT2D eigenvalue weighted by Gasteiger charge is 2.16. The molecule has 0 saturated carbocycles. The number of methoxy groups -OCH3 is 1. The van der Waals surface area contributed by atoms with Crippen molar-refractivity contribution in [2.45, 2.75) is 12.3 Å². The molecular weight excluding hydrogens is 426 g/mol. The van der Waals surface area contributed by atoms with E-state index in [-0.39, 0.29) is 17.6 Å². The van der Waals surface area contributed by atoms with E-state index in [1.54, 1.807) is 19.2 Å². The lowest BCUT2D eigenvalue weighted by Crippen LogP contribution is -2.45. The molecule has 2 N–H and O–H groups in total. The molecule has 9 heteroatoms. The van der Waals surface area contributed by atoms with Crippen LogP contribution < -0.4 is 20.1 Å². The van der Waals surface area contributed by atoms with Gasteiger partial charge in [0.2, 0.25) is 0 Å². The maximum Gasteiger partial charge on any atom is 0.412 e. The van der Waals surface area contributed by atoms with E-state index in [4.69, 9.17) is 9.47 Å². The van der Waals surface area contributed by atoms with Crippen molar-refractivity contribution in [1.29, 1.82) is 0 Å². The van der Waals surface area contributed by atoms with Crippen molar-refractivity contribution in [3.8, 4) is 11.5 Å². The number of hydrogen-bond acceptors (Lipinski definition) is 6. The lowest BCUT2D eigenvalue weighted by Gasteiger charge is -2.26. The number of carbonyl (C=O) groups is 2. The van der Waals surface area contributed by atoms with Gasteiger partial charge in [-0.05, 0) is 35.4 Å². The third-order valence-electron chi connectivity index (χ3n) is 4.47. The SMILES string of the molecule is COc1ccc(CNC(=O)Oc2ccc(CSC(=O)N3CCNCC3)cc2)cc1.Cl. The number of rotatable bonds is 6. The van der Waals surface area contributed by atoms with Crippen LogP contribution in [0.1, 0.15) is 11.1 Å². The highest BCUT2D eigenvalue weighted by molar-refractivity contribution is 8.12. The minimum absolute atomic E-state index is 0. The molecule has 0 aliphatic carbocycles. The first-order valence-corrected chi connectivity index (χ1v) is 10.4. The van der Waals surface area contributed by atoms with Gasteiger partial charge in [0.1, 0.15) is 11.5 Å². The number of halogens is 1. The van der Waals surface area contributed by atoms with Gasteiger partial charge in [0, 0.05) is 38.5 Å². The zero-order chi connectivity index (χ0) is 20.5. The summed E-state index contributed by atoms with van der Waals surface area (Å²) in [6.07, 6.45) is -0.517. The van der Waals surface area contributed by atoms with E-state index in [0.717, 1.165) is 43.1 Å². The molecule has 1 saturated heterocycles. The van der Waals surface area contributed by atoms with Crippen LogP contribution in [-0.2, 0) is 12.3 Å². The molecule has 0 atom stereocenters. The number of hydrogen-bond donors (Lipinski definition) is 2. The van der Waals surface area contributed by atoms with E-state index in [2.05, 4.69) is 10.6 Å². The summed E-state index contributed by atoms with van der Waals surface area (Å²) < 4.78 is 10.4. The van der Waals surface area contributed by atoms with Gasteiger partial charge in [-0.25, -0.2) is 4.79 Å². The Bertz CT molecular complexity index is 812. The number of ether oxygens (including phenoxy) is 2. The first kappa shape index (κ1) is 23.9. The maximum atomic E-state index is 12.2. The number of carbonyl (C=O) groups excluding carboxylic acids is 2. The number of nitrogens with one attached hydrogen (secondary N) is 2. The lowest BCUT2D eigenvalue weighted by molar-refractivity contribution is 0.200. The number of thioether (sulfide) groups is 1. The van der Waals surface area contributed by atoms with E-state index in [9.17, 15) is 9.59 Å². The molecule has 7 nitrogen and oxygen atoms in total. The Morgan fingerprint density at radius 3 is 2.23 bits per heavy atom. The molecule has 2 amide bonds. The summed E-state index contributed by atoms with van der Waals surface area (Å²) in [5.74, 6) is 1.82. The fourth-order valence-corrected chi connectivity index (χ4v) is 3.65. The third kappa shape index (κ3) is 7.44. The standard InChI is InChI=1S/C21H25N3O4S.ClH/c1-27-18-6-2-16(3-7-18)14-23-20(25)28-19-8-4-17(5-9-19)15-29-21(26)24-12-10-22-11-13-24;/h2-9,22H,10-15H2,1H3,(H,23,25);1H. The molecule has 30 heavy (non-hydrogen) atoms. The third-order valence-corrected chi connectivity index (χ3v) is 5.45. The summed E-state index contributed by atoms with van der Waals surface area (Å²) in [5.41, 5.74) is 1.95. The van der Waals surface area contributed by atoms with Gasteiger partial charge in [-0.15, -0.1) is 12.4 Å². The highest BCUT2D eigenvalue weighted by Crippen LogP contribution is 2.19. The monoisotopic (exact) mass is 451 g/mol. The zero-order valence-electron chi connectivity index (χ0n) is 16.8. The fourth-order valence-electron chi connectivity index (χ4n) is 2.80. The highest BCUT2D eigenvalue weighted by atomic mass is 35.5. The van der Waals surface area contributed by atoms with Crippen molar-refractivity contribution < 1.29 is 19.1 Å². The molecule has 1 aliphatic rings. The van der Waals surface area contributed by atoms with Crippen LogP contribution in [0.4, 0.5) is 9.59 Å². The minimum atomic E-state index is -0.517. The summed E-state index contributed by atoms with van der Waals surface area (Å²) in [5, 5.41) is 6.05. The predicted molar refractivity (Wildman–Crippen MR) is 121 cm³/mol. The zero-order valence-corrected chi connectivity index (χ0v) is 18.4. The Morgan fingerprint density at radius 1 is 1.00 bits per heavy atom. The van der Waals surface area contributed by atoms with E-state index < -0.39 is 6.09 Å². The van der Waals surface area contributed by atoms with Crippen molar-refractivity contribution in [3.63, 3.8) is 0 Å². The molecule has 1 fully saturated rings. The van der Waals surface area contributed by atoms with Gasteiger partial charge < -0.3 is 25.0 Å². The average molecular weight is 452 g/mol. The molecule has 0 spiro atoms. The largest absolute Gasteiger partial charge is 0.497 e. The quantitative estimate of drug-likeness (QED) is 0.697. The summed E-state index contributed by atoms with van der Waals surface area (Å²) in [6, 6.07) is 14.6. The Morgan fingerprint density at radius 2 is 1.60 bits per heavy atom. The van der Waals surface area contributed by atoms with Crippen molar-refractivity contribution in [2.24, 2.45) is 0 Å². The van der Waals surface area contributed by atoms with E-state index in [0.29, 0.717) is 18.0 Å². The Balaban J connectivity index is 0.00000320. The number of amides is 2. The molecule has 0 aromatic heterocycles. The van der Waals surface area contributed by atoms with Gasteiger partial charge in [-0.1, -0.05) is 36.0 Å². The molecule has 2 aromatic carbocycles. The molecule has 2 aromatic rings. The Labute approximate surface area is 186 Å². The smallest absolute Gasteiger partial charge is 0.412 e. The second kappa shape index (κ2) is 12.3. The number of piperazine rings is 1. The lowest BCUT2D eigenvalue weighted by atomic mass is 10.2. The predicted octanol–water partition coefficient (Wildman–Crippen LogP) is 3.66. The molecule has 0 unspecified atom stereocenters. The second-order valence-electron chi connectivity index (χ2n) is 6.53. The Hall–Kier alpha value is -2.42.